The van der Waals surface area contributed by atoms with Crippen molar-refractivity contribution in [2.24, 2.45) is 0 Å². The summed E-state index contributed by atoms with van der Waals surface area (Å²) in [5, 5.41) is 0. The molecule has 0 aliphatic carbocycles. The molecule has 6 heteroatoms. The average molecular weight is 378 g/mol. The van der Waals surface area contributed by atoms with E-state index in [9.17, 15) is 4.79 Å². The first-order valence-electron chi connectivity index (χ1n) is 6.64. The quantitative estimate of drug-likeness (QED) is 0.814. The highest BCUT2D eigenvalue weighted by Crippen LogP contribution is 2.33. The van der Waals surface area contributed by atoms with Gasteiger partial charge in [0, 0.05) is 32.7 Å². The highest BCUT2D eigenvalue weighted by Gasteiger charge is 2.38. The number of nitrogens with one attached hydrogen (secondary N) is 1. The summed E-state index contributed by atoms with van der Waals surface area (Å²) in [6.07, 6.45) is 2.20. The number of H-pyrrole nitrogens is 1. The first-order chi connectivity index (χ1) is 9.13. The van der Waals surface area contributed by atoms with E-state index in [1.165, 1.54) is 0 Å². The van der Waals surface area contributed by atoms with E-state index < -0.39 is 5.60 Å². The molecule has 0 saturated carbocycles. The molecule has 19 heavy (non-hydrogen) atoms. The van der Waals surface area contributed by atoms with Crippen molar-refractivity contribution in [2.45, 2.75) is 38.7 Å². The smallest absolute Gasteiger partial charge is 0.264 e. The standard InChI is InChI=1S/C13H19IN2O3/c1-3-9-10(14)11(17)16-12(15-9)13(19-4-2)5-7-18-8-6-13/h3-8H2,1-2H3,(H,15,16,17). The summed E-state index contributed by atoms with van der Waals surface area (Å²) in [6, 6.07) is 0. The predicted octanol–water partition coefficient (Wildman–Crippen LogP) is 1.98. The molecule has 1 N–H and O–H groups in total. The van der Waals surface area contributed by atoms with Crippen LogP contribution in [-0.4, -0.2) is 29.8 Å². The Labute approximate surface area is 126 Å². The predicted molar refractivity (Wildman–Crippen MR) is 80.3 cm³/mol. The van der Waals surface area contributed by atoms with E-state index in [1.54, 1.807) is 0 Å². The maximum absolute atomic E-state index is 12.0. The molecule has 0 bridgehead atoms. The van der Waals surface area contributed by atoms with E-state index in [0.717, 1.165) is 25.0 Å². The summed E-state index contributed by atoms with van der Waals surface area (Å²) >= 11 is 2.05. The van der Waals surface area contributed by atoms with E-state index in [2.05, 4.69) is 9.97 Å². The van der Waals surface area contributed by atoms with Crippen molar-refractivity contribution < 1.29 is 9.47 Å². The van der Waals surface area contributed by atoms with Gasteiger partial charge in [0.1, 0.15) is 11.4 Å². The van der Waals surface area contributed by atoms with Crippen LogP contribution in [-0.2, 0) is 21.5 Å². The lowest BCUT2D eigenvalue weighted by Crippen LogP contribution is -2.40. The highest BCUT2D eigenvalue weighted by atomic mass is 127. The first kappa shape index (κ1) is 14.9. The Morgan fingerprint density at radius 1 is 1.42 bits per heavy atom. The van der Waals surface area contributed by atoms with Gasteiger partial charge in [-0.3, -0.25) is 4.79 Å². The Morgan fingerprint density at radius 2 is 2.11 bits per heavy atom. The van der Waals surface area contributed by atoms with Crippen LogP contribution in [0.25, 0.3) is 0 Å². The fourth-order valence-electron chi connectivity index (χ4n) is 2.38. The number of ether oxygens (including phenoxy) is 2. The summed E-state index contributed by atoms with van der Waals surface area (Å²) in [7, 11) is 0. The minimum Gasteiger partial charge on any atom is -0.381 e. The third kappa shape index (κ3) is 3.00. The topological polar surface area (TPSA) is 64.2 Å². The zero-order chi connectivity index (χ0) is 13.9. The van der Waals surface area contributed by atoms with Gasteiger partial charge in [-0.1, -0.05) is 6.92 Å². The van der Waals surface area contributed by atoms with Crippen molar-refractivity contribution in [3.05, 3.63) is 25.4 Å². The van der Waals surface area contributed by atoms with Crippen LogP contribution in [0.15, 0.2) is 4.79 Å². The van der Waals surface area contributed by atoms with Gasteiger partial charge in [0.2, 0.25) is 0 Å². The van der Waals surface area contributed by atoms with Crippen molar-refractivity contribution in [2.75, 3.05) is 19.8 Å². The SMILES string of the molecule is CCOC1(c2nc(CC)c(I)c(=O)[nH]2)CCOCC1. The van der Waals surface area contributed by atoms with Gasteiger partial charge in [0.15, 0.2) is 0 Å². The molecule has 1 aromatic heterocycles. The van der Waals surface area contributed by atoms with Gasteiger partial charge in [-0.25, -0.2) is 4.98 Å². The molecule has 1 fully saturated rings. The number of halogens is 1. The van der Waals surface area contributed by atoms with Crippen molar-refractivity contribution >= 4 is 22.6 Å². The summed E-state index contributed by atoms with van der Waals surface area (Å²) < 4.78 is 12.0. The van der Waals surface area contributed by atoms with Crippen LogP contribution < -0.4 is 5.56 Å². The minimum absolute atomic E-state index is 0.0759. The maximum Gasteiger partial charge on any atom is 0.264 e. The Morgan fingerprint density at radius 3 is 2.68 bits per heavy atom. The largest absolute Gasteiger partial charge is 0.381 e. The van der Waals surface area contributed by atoms with Gasteiger partial charge < -0.3 is 14.5 Å². The number of hydrogen-bond acceptors (Lipinski definition) is 4. The molecule has 5 nitrogen and oxygen atoms in total. The maximum atomic E-state index is 12.0. The zero-order valence-corrected chi connectivity index (χ0v) is 13.5. The van der Waals surface area contributed by atoms with Gasteiger partial charge in [0.05, 0.1) is 9.26 Å². The third-order valence-electron chi connectivity index (χ3n) is 3.42. The van der Waals surface area contributed by atoms with E-state index in [4.69, 9.17) is 9.47 Å². The summed E-state index contributed by atoms with van der Waals surface area (Å²) in [5.74, 6) is 0.653. The summed E-state index contributed by atoms with van der Waals surface area (Å²) in [4.78, 5) is 19.5. The fraction of sp³-hybridized carbons (Fsp3) is 0.692. The zero-order valence-electron chi connectivity index (χ0n) is 11.3. The number of hydrogen-bond donors (Lipinski definition) is 1. The second kappa shape index (κ2) is 6.32. The van der Waals surface area contributed by atoms with Gasteiger partial charge in [0.25, 0.3) is 5.56 Å². The Kier molecular flexibility index (Phi) is 4.97. The fourth-order valence-corrected chi connectivity index (χ4v) is 3.02. The number of aromatic amines is 1. The normalized spacial score (nSPS) is 18.5. The van der Waals surface area contributed by atoms with E-state index in [1.807, 2.05) is 36.4 Å². The van der Waals surface area contributed by atoms with Crippen molar-refractivity contribution in [1.29, 1.82) is 0 Å². The summed E-state index contributed by atoms with van der Waals surface area (Å²) in [5.41, 5.74) is 0.262. The molecule has 2 heterocycles. The summed E-state index contributed by atoms with van der Waals surface area (Å²) in [6.45, 7) is 5.83. The number of aryl methyl sites for hydroxylation is 1. The van der Waals surface area contributed by atoms with Gasteiger partial charge in [-0.05, 0) is 35.9 Å². The number of rotatable bonds is 4. The third-order valence-corrected chi connectivity index (χ3v) is 4.53. The Bertz CT molecular complexity index is 490. The van der Waals surface area contributed by atoms with Crippen LogP contribution in [0.5, 0.6) is 0 Å². The molecule has 1 saturated heterocycles. The highest BCUT2D eigenvalue weighted by molar-refractivity contribution is 14.1. The molecule has 0 unspecified atom stereocenters. The van der Waals surface area contributed by atoms with Crippen LogP contribution in [0.3, 0.4) is 0 Å². The molecule has 0 radical (unpaired) electrons. The van der Waals surface area contributed by atoms with Crippen LogP contribution >= 0.6 is 22.6 Å². The van der Waals surface area contributed by atoms with Gasteiger partial charge in [-0.15, -0.1) is 0 Å². The molecule has 1 aliphatic heterocycles. The molecule has 0 aromatic carbocycles. The van der Waals surface area contributed by atoms with Gasteiger partial charge in [-0.2, -0.15) is 0 Å². The molecule has 0 spiro atoms. The second-order valence-corrected chi connectivity index (χ2v) is 5.65. The van der Waals surface area contributed by atoms with E-state index in [-0.39, 0.29) is 5.56 Å². The van der Waals surface area contributed by atoms with Crippen molar-refractivity contribution in [3.8, 4) is 0 Å². The molecular weight excluding hydrogens is 359 g/mol. The van der Waals surface area contributed by atoms with Gasteiger partial charge >= 0.3 is 0 Å². The molecule has 0 amide bonds. The Balaban J connectivity index is 2.47. The van der Waals surface area contributed by atoms with Crippen LogP contribution in [0.2, 0.25) is 0 Å². The van der Waals surface area contributed by atoms with Crippen molar-refractivity contribution in [1.82, 2.24) is 9.97 Å². The van der Waals surface area contributed by atoms with Crippen LogP contribution in [0.1, 0.15) is 38.2 Å². The van der Waals surface area contributed by atoms with Crippen LogP contribution in [0, 0.1) is 3.57 Å². The second-order valence-electron chi connectivity index (χ2n) is 4.57. The molecule has 106 valence electrons. The molecule has 0 atom stereocenters. The lowest BCUT2D eigenvalue weighted by molar-refractivity contribution is -0.118. The minimum atomic E-state index is -0.500. The number of nitrogens with zero attached hydrogens (tertiary/aromatic N) is 1. The molecular formula is C13H19IN2O3. The van der Waals surface area contributed by atoms with E-state index in [0.29, 0.717) is 29.2 Å². The lowest BCUT2D eigenvalue weighted by atomic mass is 9.92. The average Bonchev–Trinajstić information content (AvgIpc) is 2.43. The monoisotopic (exact) mass is 378 g/mol. The Hall–Kier alpha value is -0.470. The van der Waals surface area contributed by atoms with Crippen molar-refractivity contribution in [3.63, 3.8) is 0 Å². The van der Waals surface area contributed by atoms with Crippen LogP contribution in [0.4, 0.5) is 0 Å². The molecule has 1 aliphatic rings. The molecule has 1 aromatic rings. The molecule has 2 rings (SSSR count). The lowest BCUT2D eigenvalue weighted by Gasteiger charge is -2.35. The van der Waals surface area contributed by atoms with E-state index >= 15 is 0 Å². The number of aromatic nitrogens is 2. The first-order valence-corrected chi connectivity index (χ1v) is 7.71.